The summed E-state index contributed by atoms with van der Waals surface area (Å²) in [6, 6.07) is 15.9. The molecule has 4 aromatic rings. The fraction of sp³-hybridized carbons (Fsp3) is 0.371. The minimum atomic E-state index is -3.67. The zero-order valence-corrected chi connectivity index (χ0v) is 32.5. The molecule has 0 radical (unpaired) electrons. The second-order valence-electron chi connectivity index (χ2n) is 11.4. The van der Waals surface area contributed by atoms with E-state index in [1.807, 2.05) is 48.8 Å². The number of benzene rings is 2. The normalized spacial score (nSPS) is 12.9. The van der Waals surface area contributed by atoms with E-state index in [9.17, 15) is 16.8 Å². The van der Waals surface area contributed by atoms with Crippen molar-refractivity contribution in [1.82, 2.24) is 9.97 Å². The summed E-state index contributed by atoms with van der Waals surface area (Å²) in [5.74, 6) is 3.52. The Hall–Kier alpha value is -5.04. The predicted octanol–water partition coefficient (Wildman–Crippen LogP) is 4.59. The standard InChI is InChI=1S/C33H38N4O6.2CH4O3S/c1-38-28-16-22(17-29(39-2)32(28)42-5)26-10-8-24(20-34-26)36-12-7-13-37(15-14-36)25-9-11-27(35-21-25)23-18-30(40-3)33(43-6)31(19-23)41-4;2*1-5(2,3)4/h8-11,16-21H,7,12-15H2,1-6H3;2*1H3,(H,2,3,4). The van der Waals surface area contributed by atoms with Crippen molar-refractivity contribution in [2.45, 2.75) is 6.42 Å². The first-order valence-corrected chi connectivity index (χ1v) is 19.6. The number of ether oxygens (including phenoxy) is 6. The Morgan fingerprint density at radius 2 is 0.830 bits per heavy atom. The number of nitrogens with zero attached hydrogens (tertiary/aromatic N) is 4. The molecule has 2 aromatic carbocycles. The quantitative estimate of drug-likeness (QED) is 0.212. The molecule has 1 fully saturated rings. The Labute approximate surface area is 310 Å². The van der Waals surface area contributed by atoms with Gasteiger partial charge in [-0.25, -0.2) is 0 Å². The van der Waals surface area contributed by atoms with Crippen LogP contribution in [-0.4, -0.2) is 117 Å². The van der Waals surface area contributed by atoms with Crippen LogP contribution >= 0.6 is 0 Å². The highest BCUT2D eigenvalue weighted by Crippen LogP contribution is 2.42. The Morgan fingerprint density at radius 3 is 1.06 bits per heavy atom. The minimum absolute atomic E-state index is 0.561. The summed E-state index contributed by atoms with van der Waals surface area (Å²) >= 11 is 0. The smallest absolute Gasteiger partial charge is 0.261 e. The number of anilines is 2. The Bertz CT molecular complexity index is 1800. The molecule has 0 atom stereocenters. The van der Waals surface area contributed by atoms with Crippen LogP contribution in [0.2, 0.25) is 0 Å². The largest absolute Gasteiger partial charge is 0.493 e. The fourth-order valence-corrected chi connectivity index (χ4v) is 5.38. The van der Waals surface area contributed by atoms with Crippen LogP contribution in [0.5, 0.6) is 34.5 Å². The molecule has 0 unspecified atom stereocenters. The molecule has 16 nitrogen and oxygen atoms in total. The van der Waals surface area contributed by atoms with Crippen molar-refractivity contribution < 1.29 is 54.4 Å². The summed E-state index contributed by atoms with van der Waals surface area (Å²) in [6.45, 7) is 3.64. The third-order valence-corrected chi connectivity index (χ3v) is 7.64. The molecule has 53 heavy (non-hydrogen) atoms. The van der Waals surface area contributed by atoms with E-state index in [-0.39, 0.29) is 0 Å². The maximum Gasteiger partial charge on any atom is 0.261 e. The third-order valence-electron chi connectivity index (χ3n) is 7.64. The highest BCUT2D eigenvalue weighted by molar-refractivity contribution is 7.85. The van der Waals surface area contributed by atoms with E-state index in [1.54, 1.807) is 42.7 Å². The van der Waals surface area contributed by atoms with Crippen LogP contribution in [0.25, 0.3) is 22.5 Å². The van der Waals surface area contributed by atoms with Crippen molar-refractivity contribution in [3.05, 3.63) is 60.9 Å². The van der Waals surface area contributed by atoms with Gasteiger partial charge in [-0.1, -0.05) is 0 Å². The van der Waals surface area contributed by atoms with Gasteiger partial charge >= 0.3 is 0 Å². The number of aromatic nitrogens is 2. The van der Waals surface area contributed by atoms with Crippen molar-refractivity contribution >= 4 is 31.6 Å². The maximum atomic E-state index is 9.19. The second kappa shape index (κ2) is 19.2. The molecule has 1 saturated heterocycles. The maximum absolute atomic E-state index is 9.19. The second-order valence-corrected chi connectivity index (χ2v) is 14.4. The summed E-state index contributed by atoms with van der Waals surface area (Å²) in [5.41, 5.74) is 5.63. The fourth-order valence-electron chi connectivity index (χ4n) is 5.38. The van der Waals surface area contributed by atoms with Gasteiger partial charge in [0, 0.05) is 37.3 Å². The number of pyridine rings is 2. The average molecular weight is 779 g/mol. The average Bonchev–Trinajstić information content (AvgIpc) is 3.39. The van der Waals surface area contributed by atoms with Gasteiger partial charge in [-0.05, 0) is 55.0 Å². The zero-order valence-electron chi connectivity index (χ0n) is 30.9. The van der Waals surface area contributed by atoms with Crippen molar-refractivity contribution in [1.29, 1.82) is 0 Å². The van der Waals surface area contributed by atoms with E-state index in [1.165, 1.54) is 0 Å². The van der Waals surface area contributed by atoms with Gasteiger partial charge in [0.1, 0.15) is 0 Å². The lowest BCUT2D eigenvalue weighted by Crippen LogP contribution is -2.30. The third kappa shape index (κ3) is 12.8. The molecule has 0 spiro atoms. The molecule has 1 aliphatic rings. The Morgan fingerprint density at radius 1 is 0.528 bits per heavy atom. The van der Waals surface area contributed by atoms with Crippen molar-refractivity contribution in [2.75, 3.05) is 91.1 Å². The van der Waals surface area contributed by atoms with E-state index >= 15 is 0 Å². The molecule has 0 amide bonds. The molecule has 18 heteroatoms. The Balaban J connectivity index is 0.000000669. The lowest BCUT2D eigenvalue weighted by Gasteiger charge is -2.24. The van der Waals surface area contributed by atoms with Crippen LogP contribution < -0.4 is 38.2 Å². The summed E-state index contributed by atoms with van der Waals surface area (Å²) in [6.07, 6.45) is 6.31. The van der Waals surface area contributed by atoms with Gasteiger partial charge in [-0.3, -0.25) is 19.1 Å². The highest BCUT2D eigenvalue weighted by Gasteiger charge is 2.19. The topological polar surface area (TPSA) is 196 Å². The first kappa shape index (κ1) is 42.4. The number of hydrogen-bond donors (Lipinski definition) is 2. The van der Waals surface area contributed by atoms with Crippen LogP contribution in [0.15, 0.2) is 60.9 Å². The van der Waals surface area contributed by atoms with Crippen LogP contribution in [0, 0.1) is 0 Å². The van der Waals surface area contributed by atoms with Crippen molar-refractivity contribution in [3.8, 4) is 57.0 Å². The van der Waals surface area contributed by atoms with E-state index in [0.29, 0.717) is 47.0 Å². The number of hydrogen-bond acceptors (Lipinski definition) is 14. The SMILES string of the molecule is COc1cc(-c2ccc(N3CCCN(c4ccc(-c5cc(OC)c(OC)c(OC)c5)nc4)CC3)cn2)cc(OC)c1OC.CS(=O)(=O)O.CS(=O)(=O)O. The molecule has 0 saturated carbocycles. The molecule has 2 aromatic heterocycles. The minimum Gasteiger partial charge on any atom is -0.493 e. The molecule has 290 valence electrons. The Kier molecular flexibility index (Phi) is 15.3. The van der Waals surface area contributed by atoms with Crippen LogP contribution in [0.3, 0.4) is 0 Å². The van der Waals surface area contributed by atoms with Gasteiger partial charge < -0.3 is 38.2 Å². The molecule has 3 heterocycles. The lowest BCUT2D eigenvalue weighted by atomic mass is 10.1. The lowest BCUT2D eigenvalue weighted by molar-refractivity contribution is 0.324. The summed E-state index contributed by atoms with van der Waals surface area (Å²) in [5, 5.41) is 0. The molecular formula is C35H46N4O12S2. The summed E-state index contributed by atoms with van der Waals surface area (Å²) in [7, 11) is 2.30. The van der Waals surface area contributed by atoms with Gasteiger partial charge in [-0.2, -0.15) is 16.8 Å². The van der Waals surface area contributed by atoms with Crippen LogP contribution in [0.1, 0.15) is 6.42 Å². The van der Waals surface area contributed by atoms with Gasteiger partial charge in [0.15, 0.2) is 23.0 Å². The van der Waals surface area contributed by atoms with Crippen LogP contribution in [-0.2, 0) is 20.2 Å². The summed E-state index contributed by atoms with van der Waals surface area (Å²) in [4.78, 5) is 14.3. The number of rotatable bonds is 10. The predicted molar refractivity (Wildman–Crippen MR) is 203 cm³/mol. The molecule has 0 bridgehead atoms. The molecular weight excluding hydrogens is 733 g/mol. The first-order valence-electron chi connectivity index (χ1n) is 15.9. The van der Waals surface area contributed by atoms with E-state index < -0.39 is 20.2 Å². The first-order chi connectivity index (χ1) is 25.0. The monoisotopic (exact) mass is 778 g/mol. The van der Waals surface area contributed by atoms with Crippen LogP contribution in [0.4, 0.5) is 11.4 Å². The van der Waals surface area contributed by atoms with Crippen molar-refractivity contribution in [3.63, 3.8) is 0 Å². The zero-order chi connectivity index (χ0) is 39.3. The molecule has 2 N–H and O–H groups in total. The number of methoxy groups -OCH3 is 6. The molecule has 0 aliphatic carbocycles. The van der Waals surface area contributed by atoms with Gasteiger partial charge in [-0.15, -0.1) is 0 Å². The highest BCUT2D eigenvalue weighted by atomic mass is 32.2. The summed E-state index contributed by atoms with van der Waals surface area (Å²) < 4.78 is 84.7. The van der Waals surface area contributed by atoms with E-state index in [4.69, 9.17) is 47.5 Å². The van der Waals surface area contributed by atoms with Gasteiger partial charge in [0.25, 0.3) is 20.2 Å². The van der Waals surface area contributed by atoms with Crippen molar-refractivity contribution in [2.24, 2.45) is 0 Å². The molecule has 1 aliphatic heterocycles. The van der Waals surface area contributed by atoms with Gasteiger partial charge in [0.05, 0.1) is 90.3 Å². The molecule has 5 rings (SSSR count). The van der Waals surface area contributed by atoms with Gasteiger partial charge in [0.2, 0.25) is 11.5 Å². The van der Waals surface area contributed by atoms with E-state index in [0.717, 1.165) is 66.5 Å². The van der Waals surface area contributed by atoms with E-state index in [2.05, 4.69) is 21.9 Å².